The van der Waals surface area contributed by atoms with Crippen molar-refractivity contribution in [2.75, 3.05) is 57.3 Å². The Morgan fingerprint density at radius 1 is 1.00 bits per heavy atom. The number of nitrogens with one attached hydrogen (secondary N) is 1. The second-order valence-electron chi connectivity index (χ2n) is 8.71. The number of nitrogens with zero attached hydrogens (tertiary/aromatic N) is 5. The highest BCUT2D eigenvalue weighted by atomic mass is 19.1. The van der Waals surface area contributed by atoms with Gasteiger partial charge in [0.1, 0.15) is 11.6 Å². The molecule has 1 N–H and O–H groups in total. The smallest absolute Gasteiger partial charge is 0.256 e. The normalized spacial score (nSPS) is 17.6. The molecule has 2 fully saturated rings. The van der Waals surface area contributed by atoms with E-state index >= 15 is 0 Å². The van der Waals surface area contributed by atoms with Gasteiger partial charge in [-0.15, -0.1) is 0 Å². The van der Waals surface area contributed by atoms with Gasteiger partial charge in [0, 0.05) is 70.2 Å². The minimum Gasteiger partial charge on any atom is -0.356 e. The summed E-state index contributed by atoms with van der Waals surface area (Å²) in [6.45, 7) is 5.93. The lowest BCUT2D eigenvalue weighted by Crippen LogP contribution is -2.47. The van der Waals surface area contributed by atoms with Crippen LogP contribution in [-0.4, -0.2) is 83.9 Å². The number of hydrogen-bond acceptors (Lipinski definition) is 6. The van der Waals surface area contributed by atoms with E-state index in [0.29, 0.717) is 38.5 Å². The number of likely N-dealkylation sites (tertiary alicyclic amines) is 1. The third-order valence-corrected chi connectivity index (χ3v) is 6.47. The van der Waals surface area contributed by atoms with E-state index in [4.69, 9.17) is 0 Å². The first kappa shape index (κ1) is 24.0. The fraction of sp³-hybridized carbons (Fsp3) is 0.500. The number of halogens is 2. The maximum Gasteiger partial charge on any atom is 0.256 e. The Hall–Kier alpha value is -3.14. The molecule has 2 aliphatic rings. The quantitative estimate of drug-likeness (QED) is 0.621. The maximum atomic E-state index is 13.9. The molecule has 0 saturated carbocycles. The van der Waals surface area contributed by atoms with Gasteiger partial charge >= 0.3 is 0 Å². The van der Waals surface area contributed by atoms with Crippen molar-refractivity contribution in [2.24, 2.45) is 5.92 Å². The molecule has 34 heavy (non-hydrogen) atoms. The number of hydrogen-bond donors (Lipinski definition) is 1. The summed E-state index contributed by atoms with van der Waals surface area (Å²) in [5, 5.41) is 3.02. The molecule has 3 heterocycles. The number of anilines is 1. The van der Waals surface area contributed by atoms with E-state index in [-0.39, 0.29) is 17.4 Å². The Kier molecular flexibility index (Phi) is 7.99. The third-order valence-electron chi connectivity index (χ3n) is 6.47. The summed E-state index contributed by atoms with van der Waals surface area (Å²) in [4.78, 5) is 39.7. The summed E-state index contributed by atoms with van der Waals surface area (Å²) in [6.07, 6.45) is 5.44. The maximum absolute atomic E-state index is 13.9. The summed E-state index contributed by atoms with van der Waals surface area (Å²) < 4.78 is 27.0. The van der Waals surface area contributed by atoms with E-state index in [1.807, 2.05) is 6.07 Å². The van der Waals surface area contributed by atoms with Crippen molar-refractivity contribution in [3.63, 3.8) is 0 Å². The van der Waals surface area contributed by atoms with Crippen molar-refractivity contribution < 1.29 is 18.4 Å². The molecule has 0 radical (unpaired) electrons. The van der Waals surface area contributed by atoms with Crippen LogP contribution in [0.25, 0.3) is 0 Å². The summed E-state index contributed by atoms with van der Waals surface area (Å²) in [7, 11) is 0. The Balaban J connectivity index is 1.12. The van der Waals surface area contributed by atoms with Gasteiger partial charge in [0.15, 0.2) is 0 Å². The van der Waals surface area contributed by atoms with E-state index in [1.165, 1.54) is 11.0 Å². The van der Waals surface area contributed by atoms with Gasteiger partial charge in [-0.2, -0.15) is 0 Å². The van der Waals surface area contributed by atoms with Crippen molar-refractivity contribution in [3.8, 4) is 0 Å². The third kappa shape index (κ3) is 6.05. The molecule has 182 valence electrons. The predicted molar refractivity (Wildman–Crippen MR) is 123 cm³/mol. The minimum atomic E-state index is -0.861. The Morgan fingerprint density at radius 2 is 1.71 bits per heavy atom. The first-order valence-corrected chi connectivity index (χ1v) is 11.8. The molecule has 0 bridgehead atoms. The lowest BCUT2D eigenvalue weighted by Gasteiger charge is -2.34. The van der Waals surface area contributed by atoms with Crippen LogP contribution in [0.2, 0.25) is 0 Å². The number of carbonyl (C=O) groups excluding carboxylic acids is 2. The number of piperidine rings is 1. The largest absolute Gasteiger partial charge is 0.356 e. The first-order valence-electron chi connectivity index (χ1n) is 11.8. The molecule has 0 aliphatic carbocycles. The number of rotatable bonds is 7. The van der Waals surface area contributed by atoms with Gasteiger partial charge in [0.25, 0.3) is 5.91 Å². The summed E-state index contributed by atoms with van der Waals surface area (Å²) in [5.41, 5.74) is -0.138. The zero-order valence-corrected chi connectivity index (χ0v) is 19.1. The standard InChI is InChI=1S/C24H30F2N6O2/c25-19-3-4-20(21(26)17-19)23(34)31-11-5-18(6-12-31)22(33)27-9-2-10-30-13-15-32(16-14-30)24-28-7-1-8-29-24/h1,3-4,7-8,17-18H,2,5-6,9-16H2,(H,27,33). The van der Waals surface area contributed by atoms with Gasteiger partial charge in [0.2, 0.25) is 11.9 Å². The van der Waals surface area contributed by atoms with Gasteiger partial charge in [0.05, 0.1) is 5.56 Å². The van der Waals surface area contributed by atoms with E-state index in [1.54, 1.807) is 12.4 Å². The molecule has 1 aromatic heterocycles. The SMILES string of the molecule is O=C(NCCCN1CCN(c2ncccn2)CC1)C1CCN(C(=O)c2ccc(F)cc2F)CC1. The van der Waals surface area contributed by atoms with Gasteiger partial charge in [-0.3, -0.25) is 14.5 Å². The average Bonchev–Trinajstić information content (AvgIpc) is 2.87. The molecular weight excluding hydrogens is 442 g/mol. The topological polar surface area (TPSA) is 81.7 Å². The van der Waals surface area contributed by atoms with E-state index in [9.17, 15) is 18.4 Å². The molecule has 0 atom stereocenters. The molecular formula is C24H30F2N6O2. The van der Waals surface area contributed by atoms with E-state index < -0.39 is 17.5 Å². The van der Waals surface area contributed by atoms with Crippen molar-refractivity contribution in [3.05, 3.63) is 53.9 Å². The number of aromatic nitrogens is 2. The number of benzene rings is 1. The molecule has 0 unspecified atom stereocenters. The summed E-state index contributed by atoms with van der Waals surface area (Å²) in [5.74, 6) is -1.42. The summed E-state index contributed by atoms with van der Waals surface area (Å²) in [6, 6.07) is 4.77. The van der Waals surface area contributed by atoms with Crippen LogP contribution in [0.4, 0.5) is 14.7 Å². The second kappa shape index (κ2) is 11.3. The van der Waals surface area contributed by atoms with Crippen LogP contribution in [0.1, 0.15) is 29.6 Å². The molecule has 2 aliphatic heterocycles. The molecule has 1 aromatic carbocycles. The van der Waals surface area contributed by atoms with Gasteiger partial charge < -0.3 is 15.1 Å². The van der Waals surface area contributed by atoms with Crippen LogP contribution < -0.4 is 10.2 Å². The monoisotopic (exact) mass is 472 g/mol. The van der Waals surface area contributed by atoms with Crippen molar-refractivity contribution in [2.45, 2.75) is 19.3 Å². The highest BCUT2D eigenvalue weighted by Crippen LogP contribution is 2.21. The second-order valence-corrected chi connectivity index (χ2v) is 8.71. The number of amides is 2. The van der Waals surface area contributed by atoms with Crippen LogP contribution in [0.5, 0.6) is 0 Å². The fourth-order valence-corrected chi connectivity index (χ4v) is 4.46. The van der Waals surface area contributed by atoms with Gasteiger partial charge in [-0.05, 0) is 44.0 Å². The Labute approximate surface area is 198 Å². The lowest BCUT2D eigenvalue weighted by molar-refractivity contribution is -0.126. The highest BCUT2D eigenvalue weighted by molar-refractivity contribution is 5.94. The van der Waals surface area contributed by atoms with Crippen LogP contribution in [0.3, 0.4) is 0 Å². The number of piperazine rings is 1. The van der Waals surface area contributed by atoms with Gasteiger partial charge in [-0.1, -0.05) is 0 Å². The van der Waals surface area contributed by atoms with E-state index in [0.717, 1.165) is 51.2 Å². The minimum absolute atomic E-state index is 0.00565. The molecule has 0 spiro atoms. The molecule has 2 amide bonds. The van der Waals surface area contributed by atoms with Gasteiger partial charge in [-0.25, -0.2) is 18.7 Å². The van der Waals surface area contributed by atoms with Crippen molar-refractivity contribution in [1.82, 2.24) is 25.1 Å². The predicted octanol–water partition coefficient (Wildman–Crippen LogP) is 1.94. The lowest BCUT2D eigenvalue weighted by atomic mass is 9.95. The van der Waals surface area contributed by atoms with Crippen LogP contribution >= 0.6 is 0 Å². The van der Waals surface area contributed by atoms with Crippen LogP contribution in [-0.2, 0) is 4.79 Å². The zero-order chi connectivity index (χ0) is 23.9. The highest BCUT2D eigenvalue weighted by Gasteiger charge is 2.29. The molecule has 10 heteroatoms. The molecule has 8 nitrogen and oxygen atoms in total. The Morgan fingerprint density at radius 3 is 2.38 bits per heavy atom. The first-order chi connectivity index (χ1) is 16.5. The van der Waals surface area contributed by atoms with Crippen molar-refractivity contribution in [1.29, 1.82) is 0 Å². The molecule has 2 aromatic rings. The van der Waals surface area contributed by atoms with Crippen molar-refractivity contribution >= 4 is 17.8 Å². The van der Waals surface area contributed by atoms with Crippen LogP contribution in [0.15, 0.2) is 36.7 Å². The van der Waals surface area contributed by atoms with E-state index in [2.05, 4.69) is 25.1 Å². The number of carbonyl (C=O) groups is 2. The Bertz CT molecular complexity index is 977. The zero-order valence-electron chi connectivity index (χ0n) is 19.1. The molecule has 2 saturated heterocycles. The van der Waals surface area contributed by atoms with Crippen LogP contribution in [0, 0.1) is 17.6 Å². The molecule has 4 rings (SSSR count). The summed E-state index contributed by atoms with van der Waals surface area (Å²) >= 11 is 0. The average molecular weight is 473 g/mol. The fourth-order valence-electron chi connectivity index (χ4n) is 4.46.